The third kappa shape index (κ3) is 7.43. The van der Waals surface area contributed by atoms with E-state index in [1.54, 1.807) is 6.07 Å². The zero-order valence-corrected chi connectivity index (χ0v) is 20.6. The van der Waals surface area contributed by atoms with E-state index < -0.39 is 0 Å². The summed E-state index contributed by atoms with van der Waals surface area (Å²) in [5, 5.41) is 12.3. The standard InChI is InChI=1S/C22H24BrN5O4S/c1-3-30-18-11-15(13-25-26-19(29)12-20-27-28-22(24)33-20)10-16(23)21(18)32-9-8-31-17-7-5-4-6-14(17)2/h4-7,10-11,13H,3,8-9,12H2,1-2H3,(H2,24,28)(H,26,29)/b25-13-. The van der Waals surface area contributed by atoms with Crippen LogP contribution in [0.5, 0.6) is 17.2 Å². The van der Waals surface area contributed by atoms with E-state index in [4.69, 9.17) is 19.9 Å². The number of rotatable bonds is 11. The van der Waals surface area contributed by atoms with Gasteiger partial charge in [0, 0.05) is 0 Å². The molecule has 33 heavy (non-hydrogen) atoms. The molecule has 0 atom stereocenters. The van der Waals surface area contributed by atoms with E-state index in [0.717, 1.165) is 22.6 Å². The van der Waals surface area contributed by atoms with Gasteiger partial charge >= 0.3 is 0 Å². The summed E-state index contributed by atoms with van der Waals surface area (Å²) in [5.41, 5.74) is 9.76. The predicted molar refractivity (Wildman–Crippen MR) is 131 cm³/mol. The maximum atomic E-state index is 12.0. The van der Waals surface area contributed by atoms with Crippen LogP contribution in [0.4, 0.5) is 5.13 Å². The van der Waals surface area contributed by atoms with Gasteiger partial charge in [0.15, 0.2) is 11.5 Å². The number of carbonyl (C=O) groups excluding carboxylic acids is 1. The second kappa shape index (κ2) is 12.2. The van der Waals surface area contributed by atoms with Gasteiger partial charge in [-0.1, -0.05) is 29.5 Å². The number of aromatic nitrogens is 2. The van der Waals surface area contributed by atoms with Gasteiger partial charge in [-0.25, -0.2) is 5.43 Å². The molecule has 2 aromatic carbocycles. The first-order chi connectivity index (χ1) is 16.0. The van der Waals surface area contributed by atoms with Crippen molar-refractivity contribution in [3.63, 3.8) is 0 Å². The molecule has 0 saturated carbocycles. The summed E-state index contributed by atoms with van der Waals surface area (Å²) in [4.78, 5) is 12.0. The molecule has 11 heteroatoms. The highest BCUT2D eigenvalue weighted by Gasteiger charge is 2.13. The Labute approximate surface area is 204 Å². The Kier molecular flexibility index (Phi) is 9.02. The molecule has 0 aliphatic heterocycles. The lowest BCUT2D eigenvalue weighted by atomic mass is 10.2. The second-order valence-corrected chi connectivity index (χ2v) is 8.68. The zero-order chi connectivity index (χ0) is 23.6. The second-order valence-electron chi connectivity index (χ2n) is 6.73. The van der Waals surface area contributed by atoms with Gasteiger partial charge in [0.25, 0.3) is 0 Å². The van der Waals surface area contributed by atoms with Crippen molar-refractivity contribution in [2.24, 2.45) is 5.10 Å². The lowest BCUT2D eigenvalue weighted by Gasteiger charge is -2.15. The van der Waals surface area contributed by atoms with Crippen LogP contribution in [0, 0.1) is 6.92 Å². The number of nitrogens with zero attached hydrogens (tertiary/aromatic N) is 3. The van der Waals surface area contributed by atoms with Crippen molar-refractivity contribution in [1.82, 2.24) is 15.6 Å². The summed E-state index contributed by atoms with van der Waals surface area (Å²) < 4.78 is 18.1. The van der Waals surface area contributed by atoms with Crippen molar-refractivity contribution in [3.8, 4) is 17.2 Å². The number of nitrogens with two attached hydrogens (primary N) is 1. The average Bonchev–Trinajstić information content (AvgIpc) is 3.18. The number of ether oxygens (including phenoxy) is 3. The van der Waals surface area contributed by atoms with E-state index in [1.807, 2.05) is 44.2 Å². The molecule has 1 amide bonds. The highest BCUT2D eigenvalue weighted by Crippen LogP contribution is 2.36. The molecule has 1 aromatic heterocycles. The molecule has 174 valence electrons. The van der Waals surface area contributed by atoms with Crippen LogP contribution in [0.2, 0.25) is 0 Å². The van der Waals surface area contributed by atoms with Gasteiger partial charge in [0.05, 0.1) is 23.7 Å². The molecule has 3 N–H and O–H groups in total. The Hall–Kier alpha value is -3.18. The first-order valence-corrected chi connectivity index (χ1v) is 11.7. The molecule has 0 unspecified atom stereocenters. The molecule has 9 nitrogen and oxygen atoms in total. The lowest BCUT2D eigenvalue weighted by Crippen LogP contribution is -2.19. The number of hydrogen-bond acceptors (Lipinski definition) is 9. The van der Waals surface area contributed by atoms with Gasteiger partial charge in [-0.3, -0.25) is 4.79 Å². The molecule has 0 bridgehead atoms. The van der Waals surface area contributed by atoms with Gasteiger partial charge in [-0.05, 0) is 59.1 Å². The number of nitrogen functional groups attached to an aromatic ring is 1. The summed E-state index contributed by atoms with van der Waals surface area (Å²) in [6, 6.07) is 11.4. The molecule has 0 saturated heterocycles. The molecule has 1 heterocycles. The Bertz CT molecular complexity index is 1120. The zero-order valence-electron chi connectivity index (χ0n) is 18.2. The molecular weight excluding hydrogens is 510 g/mol. The molecule has 3 aromatic rings. The van der Waals surface area contributed by atoms with E-state index in [1.165, 1.54) is 6.21 Å². The first kappa shape index (κ1) is 24.5. The molecule has 3 rings (SSSR count). The molecule has 0 spiro atoms. The third-order valence-electron chi connectivity index (χ3n) is 4.21. The fraction of sp³-hybridized carbons (Fsp3) is 0.273. The molecule has 0 aliphatic rings. The Morgan fingerprint density at radius 3 is 2.70 bits per heavy atom. The molecule has 0 fully saturated rings. The smallest absolute Gasteiger partial charge is 0.247 e. The highest BCUT2D eigenvalue weighted by molar-refractivity contribution is 9.10. The van der Waals surface area contributed by atoms with Crippen LogP contribution in [0.1, 0.15) is 23.1 Å². The number of para-hydroxylation sites is 1. The summed E-state index contributed by atoms with van der Waals surface area (Å²) in [7, 11) is 0. The highest BCUT2D eigenvalue weighted by atomic mass is 79.9. The fourth-order valence-electron chi connectivity index (χ4n) is 2.77. The number of hydrogen-bond donors (Lipinski definition) is 2. The number of carbonyl (C=O) groups is 1. The third-order valence-corrected chi connectivity index (χ3v) is 5.55. The number of anilines is 1. The van der Waals surface area contributed by atoms with Crippen molar-refractivity contribution >= 4 is 44.5 Å². The van der Waals surface area contributed by atoms with Gasteiger partial charge in [-0.2, -0.15) is 5.10 Å². The first-order valence-electron chi connectivity index (χ1n) is 10.1. The van der Waals surface area contributed by atoms with Crippen LogP contribution in [0.15, 0.2) is 46.0 Å². The lowest BCUT2D eigenvalue weighted by molar-refractivity contribution is -0.120. The van der Waals surface area contributed by atoms with Crippen LogP contribution < -0.4 is 25.4 Å². The Morgan fingerprint density at radius 2 is 1.97 bits per heavy atom. The number of halogens is 1. The monoisotopic (exact) mass is 533 g/mol. The van der Waals surface area contributed by atoms with Crippen molar-refractivity contribution in [3.05, 3.63) is 57.0 Å². The summed E-state index contributed by atoms with van der Waals surface area (Å²) in [6.07, 6.45) is 1.57. The summed E-state index contributed by atoms with van der Waals surface area (Å²) >= 11 is 4.69. The van der Waals surface area contributed by atoms with Crippen molar-refractivity contribution in [1.29, 1.82) is 0 Å². The van der Waals surface area contributed by atoms with Gasteiger partial charge in [0.1, 0.15) is 24.0 Å². The van der Waals surface area contributed by atoms with E-state index >= 15 is 0 Å². The predicted octanol–water partition coefficient (Wildman–Crippen LogP) is 3.74. The minimum atomic E-state index is -0.319. The van der Waals surface area contributed by atoms with E-state index in [-0.39, 0.29) is 12.3 Å². The molecular formula is C22H24BrN5O4S. The van der Waals surface area contributed by atoms with Gasteiger partial charge in [-0.15, -0.1) is 10.2 Å². The summed E-state index contributed by atoms with van der Waals surface area (Å²) in [6.45, 7) is 5.07. The van der Waals surface area contributed by atoms with Crippen molar-refractivity contribution in [2.75, 3.05) is 25.6 Å². The quantitative estimate of drug-likeness (QED) is 0.218. The topological polar surface area (TPSA) is 121 Å². The number of nitrogens with one attached hydrogen (secondary N) is 1. The Morgan fingerprint density at radius 1 is 1.18 bits per heavy atom. The van der Waals surface area contributed by atoms with Crippen molar-refractivity contribution < 1.29 is 19.0 Å². The maximum Gasteiger partial charge on any atom is 0.247 e. The summed E-state index contributed by atoms with van der Waals surface area (Å²) in [5.74, 6) is 1.63. The van der Waals surface area contributed by atoms with Crippen LogP contribution in [0.3, 0.4) is 0 Å². The fourth-order valence-corrected chi connectivity index (χ4v) is 3.96. The van der Waals surface area contributed by atoms with Gasteiger partial charge < -0.3 is 19.9 Å². The minimum Gasteiger partial charge on any atom is -0.490 e. The van der Waals surface area contributed by atoms with Crippen LogP contribution in [0.25, 0.3) is 0 Å². The molecule has 0 radical (unpaired) electrons. The minimum absolute atomic E-state index is 0.0530. The number of benzene rings is 2. The maximum absolute atomic E-state index is 12.0. The largest absolute Gasteiger partial charge is 0.490 e. The SMILES string of the molecule is CCOc1cc(/C=N\NC(=O)Cc2nnc(N)s2)cc(Br)c1OCCOc1ccccc1C. The van der Waals surface area contributed by atoms with Crippen molar-refractivity contribution in [2.45, 2.75) is 20.3 Å². The number of amides is 1. The van der Waals surface area contributed by atoms with E-state index in [0.29, 0.717) is 51.5 Å². The Balaban J connectivity index is 1.58. The van der Waals surface area contributed by atoms with Crippen LogP contribution >= 0.6 is 27.3 Å². The van der Waals surface area contributed by atoms with Crippen LogP contribution in [-0.2, 0) is 11.2 Å². The number of hydrazone groups is 1. The van der Waals surface area contributed by atoms with E-state index in [9.17, 15) is 4.79 Å². The average molecular weight is 534 g/mol. The van der Waals surface area contributed by atoms with Gasteiger partial charge in [0.2, 0.25) is 11.0 Å². The van der Waals surface area contributed by atoms with E-state index in [2.05, 4.69) is 36.7 Å². The number of aryl methyl sites for hydroxylation is 1. The normalized spacial score (nSPS) is 10.9. The van der Waals surface area contributed by atoms with Crippen LogP contribution in [-0.4, -0.2) is 42.1 Å². The molecule has 0 aliphatic carbocycles.